The van der Waals surface area contributed by atoms with Gasteiger partial charge in [0.15, 0.2) is 0 Å². The van der Waals surface area contributed by atoms with E-state index in [1.165, 1.54) is 7.11 Å². The second-order valence-corrected chi connectivity index (χ2v) is 4.28. The minimum absolute atomic E-state index is 0.181. The fourth-order valence-corrected chi connectivity index (χ4v) is 2.11. The number of phenols is 1. The van der Waals surface area contributed by atoms with Crippen molar-refractivity contribution >= 4 is 21.9 Å². The molecule has 0 atom stereocenters. The number of aromatic nitrogens is 1. The van der Waals surface area contributed by atoms with Gasteiger partial charge in [-0.25, -0.2) is 4.79 Å². The van der Waals surface area contributed by atoms with Crippen molar-refractivity contribution in [2.75, 3.05) is 7.11 Å². The molecular formula is C12H10BrNO3. The summed E-state index contributed by atoms with van der Waals surface area (Å²) in [6.45, 7) is 0. The van der Waals surface area contributed by atoms with Crippen molar-refractivity contribution < 1.29 is 14.6 Å². The summed E-state index contributed by atoms with van der Waals surface area (Å²) >= 11 is 3.37. The standard InChI is InChI=1S/C12H10BrNO3/c1-17-12(16)11-10(9(13)6-14-11)7-2-4-8(15)5-3-7/h2-6,14-15H,1H3. The van der Waals surface area contributed by atoms with Crippen LogP contribution in [0, 0.1) is 0 Å². The molecule has 0 saturated heterocycles. The lowest BCUT2D eigenvalue weighted by Crippen LogP contribution is -2.03. The first-order valence-corrected chi connectivity index (χ1v) is 5.67. The van der Waals surface area contributed by atoms with Gasteiger partial charge in [-0.1, -0.05) is 12.1 Å². The summed E-state index contributed by atoms with van der Waals surface area (Å²) < 4.78 is 5.46. The van der Waals surface area contributed by atoms with Gasteiger partial charge in [0.2, 0.25) is 0 Å². The highest BCUT2D eigenvalue weighted by Crippen LogP contribution is 2.32. The van der Waals surface area contributed by atoms with Crippen molar-refractivity contribution in [2.45, 2.75) is 0 Å². The number of aromatic hydroxyl groups is 1. The van der Waals surface area contributed by atoms with Gasteiger partial charge >= 0.3 is 5.97 Å². The van der Waals surface area contributed by atoms with Crippen molar-refractivity contribution in [3.8, 4) is 16.9 Å². The van der Waals surface area contributed by atoms with Gasteiger partial charge in [-0.05, 0) is 33.6 Å². The average molecular weight is 296 g/mol. The summed E-state index contributed by atoms with van der Waals surface area (Å²) in [4.78, 5) is 14.4. The van der Waals surface area contributed by atoms with E-state index in [-0.39, 0.29) is 5.75 Å². The summed E-state index contributed by atoms with van der Waals surface area (Å²) in [5, 5.41) is 9.24. The quantitative estimate of drug-likeness (QED) is 0.838. The summed E-state index contributed by atoms with van der Waals surface area (Å²) in [5.41, 5.74) is 1.92. The molecule has 0 fully saturated rings. The van der Waals surface area contributed by atoms with Crippen LogP contribution in [-0.2, 0) is 4.74 Å². The molecule has 1 aromatic heterocycles. The Hall–Kier alpha value is -1.75. The molecule has 1 heterocycles. The van der Waals surface area contributed by atoms with Crippen molar-refractivity contribution in [3.05, 3.63) is 40.6 Å². The Kier molecular flexibility index (Phi) is 3.19. The van der Waals surface area contributed by atoms with Crippen LogP contribution in [0.2, 0.25) is 0 Å². The molecule has 1 aromatic carbocycles. The molecule has 0 aliphatic heterocycles. The predicted octanol–water partition coefficient (Wildman–Crippen LogP) is 2.94. The van der Waals surface area contributed by atoms with E-state index < -0.39 is 5.97 Å². The normalized spacial score (nSPS) is 10.2. The van der Waals surface area contributed by atoms with Crippen LogP contribution in [0.1, 0.15) is 10.5 Å². The number of benzene rings is 1. The zero-order chi connectivity index (χ0) is 12.4. The Morgan fingerprint density at radius 3 is 2.59 bits per heavy atom. The zero-order valence-electron chi connectivity index (χ0n) is 9.03. The molecule has 0 aliphatic carbocycles. The predicted molar refractivity (Wildman–Crippen MR) is 66.9 cm³/mol. The molecule has 2 aromatic rings. The Balaban J connectivity index is 2.54. The van der Waals surface area contributed by atoms with Crippen LogP contribution in [0.25, 0.3) is 11.1 Å². The number of aromatic amines is 1. The fraction of sp³-hybridized carbons (Fsp3) is 0.0833. The molecule has 2 rings (SSSR count). The Morgan fingerprint density at radius 1 is 1.35 bits per heavy atom. The first-order valence-electron chi connectivity index (χ1n) is 4.88. The summed E-state index contributed by atoms with van der Waals surface area (Å²) in [5.74, 6) is -0.251. The molecule has 4 nitrogen and oxygen atoms in total. The number of ether oxygens (including phenoxy) is 1. The van der Waals surface area contributed by atoms with Gasteiger partial charge < -0.3 is 14.8 Å². The number of methoxy groups -OCH3 is 1. The molecule has 0 spiro atoms. The number of H-pyrrole nitrogens is 1. The van der Waals surface area contributed by atoms with Crippen LogP contribution in [0.3, 0.4) is 0 Å². The molecule has 0 unspecified atom stereocenters. The number of phenolic OH excluding ortho intramolecular Hbond substituents is 1. The zero-order valence-corrected chi connectivity index (χ0v) is 10.6. The van der Waals surface area contributed by atoms with Crippen LogP contribution in [0.15, 0.2) is 34.9 Å². The number of nitrogens with one attached hydrogen (secondary N) is 1. The average Bonchev–Trinajstić information content (AvgIpc) is 2.71. The molecule has 17 heavy (non-hydrogen) atoms. The van der Waals surface area contributed by atoms with Crippen LogP contribution in [-0.4, -0.2) is 23.2 Å². The van der Waals surface area contributed by atoms with Gasteiger partial charge in [-0.2, -0.15) is 0 Å². The minimum Gasteiger partial charge on any atom is -0.508 e. The van der Waals surface area contributed by atoms with E-state index in [0.717, 1.165) is 15.6 Å². The molecule has 0 amide bonds. The van der Waals surface area contributed by atoms with Crippen LogP contribution in [0.4, 0.5) is 0 Å². The van der Waals surface area contributed by atoms with Crippen molar-refractivity contribution in [1.82, 2.24) is 4.98 Å². The summed E-state index contributed by atoms with van der Waals surface area (Å²) in [6.07, 6.45) is 1.68. The van der Waals surface area contributed by atoms with Gasteiger partial charge in [0, 0.05) is 16.2 Å². The number of rotatable bonds is 2. The molecule has 0 saturated carbocycles. The summed E-state index contributed by atoms with van der Waals surface area (Å²) in [7, 11) is 1.33. The molecule has 0 bridgehead atoms. The fourth-order valence-electron chi connectivity index (χ4n) is 1.57. The number of hydrogen-bond acceptors (Lipinski definition) is 3. The smallest absolute Gasteiger partial charge is 0.355 e. The first kappa shape index (κ1) is 11.7. The first-order chi connectivity index (χ1) is 8.13. The maximum atomic E-state index is 11.6. The lowest BCUT2D eigenvalue weighted by molar-refractivity contribution is 0.0595. The van der Waals surface area contributed by atoms with E-state index in [1.807, 2.05) is 0 Å². The third-order valence-electron chi connectivity index (χ3n) is 2.38. The van der Waals surface area contributed by atoms with Crippen molar-refractivity contribution in [1.29, 1.82) is 0 Å². The number of carbonyl (C=O) groups excluding carboxylic acids is 1. The van der Waals surface area contributed by atoms with E-state index in [9.17, 15) is 9.90 Å². The van der Waals surface area contributed by atoms with Gasteiger partial charge in [0.05, 0.1) is 7.11 Å². The van der Waals surface area contributed by atoms with Crippen LogP contribution < -0.4 is 0 Å². The Bertz CT molecular complexity index is 545. The van der Waals surface area contributed by atoms with Crippen molar-refractivity contribution in [2.24, 2.45) is 0 Å². The third kappa shape index (κ3) is 2.19. The Morgan fingerprint density at radius 2 is 2.00 bits per heavy atom. The lowest BCUT2D eigenvalue weighted by atomic mass is 10.1. The monoisotopic (exact) mass is 295 g/mol. The molecule has 88 valence electrons. The van der Waals surface area contributed by atoms with Gasteiger partial charge in [0.1, 0.15) is 11.4 Å². The summed E-state index contributed by atoms with van der Waals surface area (Å²) in [6, 6.07) is 6.59. The lowest BCUT2D eigenvalue weighted by Gasteiger charge is -2.04. The Labute approximate surface area is 106 Å². The van der Waals surface area contributed by atoms with E-state index in [1.54, 1.807) is 30.5 Å². The number of halogens is 1. The van der Waals surface area contributed by atoms with E-state index in [0.29, 0.717) is 5.69 Å². The highest BCUT2D eigenvalue weighted by atomic mass is 79.9. The maximum absolute atomic E-state index is 11.6. The van der Waals surface area contributed by atoms with Crippen LogP contribution >= 0.6 is 15.9 Å². The van der Waals surface area contributed by atoms with Gasteiger partial charge in [-0.15, -0.1) is 0 Å². The topological polar surface area (TPSA) is 62.3 Å². The maximum Gasteiger partial charge on any atom is 0.355 e. The molecule has 5 heteroatoms. The third-order valence-corrected chi connectivity index (χ3v) is 3.00. The number of esters is 1. The molecular weight excluding hydrogens is 286 g/mol. The second kappa shape index (κ2) is 4.63. The highest BCUT2D eigenvalue weighted by Gasteiger charge is 2.18. The van der Waals surface area contributed by atoms with E-state index in [4.69, 9.17) is 4.74 Å². The van der Waals surface area contributed by atoms with E-state index >= 15 is 0 Å². The highest BCUT2D eigenvalue weighted by molar-refractivity contribution is 9.10. The molecule has 0 aliphatic rings. The van der Waals surface area contributed by atoms with Gasteiger partial charge in [0.25, 0.3) is 0 Å². The number of hydrogen-bond donors (Lipinski definition) is 2. The second-order valence-electron chi connectivity index (χ2n) is 3.43. The number of carbonyl (C=O) groups is 1. The SMILES string of the molecule is COC(=O)c1[nH]cc(Br)c1-c1ccc(O)cc1. The van der Waals surface area contributed by atoms with Gasteiger partial charge in [-0.3, -0.25) is 0 Å². The van der Waals surface area contributed by atoms with Crippen LogP contribution in [0.5, 0.6) is 5.75 Å². The van der Waals surface area contributed by atoms with E-state index in [2.05, 4.69) is 20.9 Å². The molecule has 2 N–H and O–H groups in total. The molecule has 0 radical (unpaired) electrons. The minimum atomic E-state index is -0.432. The van der Waals surface area contributed by atoms with Crippen molar-refractivity contribution in [3.63, 3.8) is 0 Å². The largest absolute Gasteiger partial charge is 0.508 e.